The molecular formula is C21H26N2O4. The van der Waals surface area contributed by atoms with Gasteiger partial charge in [-0.15, -0.1) is 0 Å². The Hall–Kier alpha value is -2.73. The lowest BCUT2D eigenvalue weighted by Crippen LogP contribution is -2.44. The lowest BCUT2D eigenvalue weighted by Gasteiger charge is -2.28. The summed E-state index contributed by atoms with van der Waals surface area (Å²) in [6.07, 6.45) is 3.95. The van der Waals surface area contributed by atoms with E-state index >= 15 is 0 Å². The Morgan fingerprint density at radius 1 is 1.11 bits per heavy atom. The quantitative estimate of drug-likeness (QED) is 0.825. The summed E-state index contributed by atoms with van der Waals surface area (Å²) < 4.78 is 11.0. The van der Waals surface area contributed by atoms with E-state index in [1.54, 1.807) is 36.3 Å². The number of nitrogens with zero attached hydrogens (tertiary/aromatic N) is 1. The van der Waals surface area contributed by atoms with Crippen LogP contribution in [0.1, 0.15) is 25.7 Å². The molecule has 0 unspecified atom stereocenters. The van der Waals surface area contributed by atoms with Gasteiger partial charge in [-0.3, -0.25) is 0 Å². The number of anilines is 1. The van der Waals surface area contributed by atoms with Crippen LogP contribution >= 0.6 is 0 Å². The SMILES string of the molecule is COc1cccc(Oc2ccc(NC(=O)N3CCCCC[C@@H]3CO)cc2)c1. The number of aliphatic hydroxyl groups excluding tert-OH is 1. The van der Waals surface area contributed by atoms with Crippen LogP contribution in [-0.4, -0.2) is 42.3 Å². The molecule has 0 saturated carbocycles. The van der Waals surface area contributed by atoms with Crippen molar-refractivity contribution in [2.45, 2.75) is 31.7 Å². The van der Waals surface area contributed by atoms with E-state index in [2.05, 4.69) is 5.32 Å². The predicted octanol–water partition coefficient (Wildman–Crippen LogP) is 4.26. The third kappa shape index (κ3) is 5.14. The molecule has 1 heterocycles. The van der Waals surface area contributed by atoms with E-state index < -0.39 is 0 Å². The number of hydrogen-bond acceptors (Lipinski definition) is 4. The Kier molecular flexibility index (Phi) is 6.54. The number of carbonyl (C=O) groups excluding carboxylic acids is 1. The highest BCUT2D eigenvalue weighted by molar-refractivity contribution is 5.89. The lowest BCUT2D eigenvalue weighted by molar-refractivity contribution is 0.142. The summed E-state index contributed by atoms with van der Waals surface area (Å²) in [6, 6.07) is 14.3. The van der Waals surface area contributed by atoms with Gasteiger partial charge in [0.15, 0.2) is 0 Å². The summed E-state index contributed by atoms with van der Waals surface area (Å²) in [4.78, 5) is 14.3. The highest BCUT2D eigenvalue weighted by atomic mass is 16.5. The Balaban J connectivity index is 1.62. The van der Waals surface area contributed by atoms with E-state index in [1.165, 1.54) is 0 Å². The molecule has 0 bridgehead atoms. The van der Waals surface area contributed by atoms with Crippen molar-refractivity contribution in [2.75, 3.05) is 25.6 Å². The maximum absolute atomic E-state index is 12.6. The Labute approximate surface area is 159 Å². The molecule has 1 atom stereocenters. The summed E-state index contributed by atoms with van der Waals surface area (Å²) in [7, 11) is 1.61. The first kappa shape index (κ1) is 19.0. The van der Waals surface area contributed by atoms with Gasteiger partial charge in [0.1, 0.15) is 17.2 Å². The minimum absolute atomic E-state index is 0.000730. The second-order valence-electron chi connectivity index (χ2n) is 6.61. The van der Waals surface area contributed by atoms with Crippen LogP contribution in [0, 0.1) is 0 Å². The van der Waals surface area contributed by atoms with E-state index in [9.17, 15) is 9.90 Å². The predicted molar refractivity (Wildman–Crippen MR) is 105 cm³/mol. The molecule has 1 fully saturated rings. The van der Waals surface area contributed by atoms with Crippen LogP contribution in [0.15, 0.2) is 48.5 Å². The van der Waals surface area contributed by atoms with Gasteiger partial charge in [-0.1, -0.05) is 18.9 Å². The van der Waals surface area contributed by atoms with Crippen LogP contribution < -0.4 is 14.8 Å². The molecule has 0 aliphatic carbocycles. The van der Waals surface area contributed by atoms with E-state index in [1.807, 2.05) is 24.3 Å². The minimum atomic E-state index is -0.169. The van der Waals surface area contributed by atoms with E-state index in [-0.39, 0.29) is 18.7 Å². The molecule has 1 saturated heterocycles. The second-order valence-corrected chi connectivity index (χ2v) is 6.61. The number of urea groups is 1. The molecule has 2 N–H and O–H groups in total. The molecule has 2 aromatic carbocycles. The van der Waals surface area contributed by atoms with Gasteiger partial charge in [-0.25, -0.2) is 4.79 Å². The number of hydrogen-bond donors (Lipinski definition) is 2. The number of methoxy groups -OCH3 is 1. The first-order chi connectivity index (χ1) is 13.2. The molecule has 2 aromatic rings. The normalized spacial score (nSPS) is 17.1. The molecule has 0 radical (unpaired) electrons. The molecule has 1 aliphatic rings. The van der Waals surface area contributed by atoms with Gasteiger partial charge in [-0.05, 0) is 49.2 Å². The zero-order valence-corrected chi connectivity index (χ0v) is 15.6. The molecule has 2 amide bonds. The fourth-order valence-corrected chi connectivity index (χ4v) is 3.24. The molecule has 6 nitrogen and oxygen atoms in total. The van der Waals surface area contributed by atoms with Gasteiger partial charge >= 0.3 is 6.03 Å². The van der Waals surface area contributed by atoms with Crippen molar-refractivity contribution in [3.05, 3.63) is 48.5 Å². The Morgan fingerprint density at radius 3 is 2.63 bits per heavy atom. The van der Waals surface area contributed by atoms with E-state index in [0.717, 1.165) is 31.4 Å². The third-order valence-corrected chi connectivity index (χ3v) is 4.73. The van der Waals surface area contributed by atoms with Crippen molar-refractivity contribution in [1.82, 2.24) is 4.90 Å². The fourth-order valence-electron chi connectivity index (χ4n) is 3.24. The maximum Gasteiger partial charge on any atom is 0.322 e. The molecular weight excluding hydrogens is 344 g/mol. The Morgan fingerprint density at radius 2 is 1.89 bits per heavy atom. The smallest absolute Gasteiger partial charge is 0.322 e. The van der Waals surface area contributed by atoms with Gasteiger partial charge in [0.2, 0.25) is 0 Å². The van der Waals surface area contributed by atoms with Gasteiger partial charge in [0, 0.05) is 18.3 Å². The van der Waals surface area contributed by atoms with Crippen molar-refractivity contribution < 1.29 is 19.4 Å². The molecule has 144 valence electrons. The number of likely N-dealkylation sites (tertiary alicyclic amines) is 1. The molecule has 1 aliphatic heterocycles. The summed E-state index contributed by atoms with van der Waals surface area (Å²) in [5.74, 6) is 2.08. The van der Waals surface area contributed by atoms with Crippen LogP contribution in [0.2, 0.25) is 0 Å². The van der Waals surface area contributed by atoms with Gasteiger partial charge in [0.25, 0.3) is 0 Å². The molecule has 0 spiro atoms. The van der Waals surface area contributed by atoms with Crippen LogP contribution in [0.4, 0.5) is 10.5 Å². The average Bonchev–Trinajstić information content (AvgIpc) is 2.95. The number of ether oxygens (including phenoxy) is 2. The standard InChI is InChI=1S/C21H26N2O4/c1-26-19-7-5-8-20(14-19)27-18-11-9-16(10-12-18)22-21(25)23-13-4-2-3-6-17(23)15-24/h5,7-12,14,17,24H,2-4,6,13,15H2,1H3,(H,22,25)/t17-/m1/s1. The highest BCUT2D eigenvalue weighted by Crippen LogP contribution is 2.26. The van der Waals surface area contributed by atoms with Crippen molar-refractivity contribution >= 4 is 11.7 Å². The first-order valence-corrected chi connectivity index (χ1v) is 9.30. The fraction of sp³-hybridized carbons (Fsp3) is 0.381. The van der Waals surface area contributed by atoms with Crippen LogP contribution in [0.3, 0.4) is 0 Å². The van der Waals surface area contributed by atoms with Gasteiger partial charge in [-0.2, -0.15) is 0 Å². The molecule has 27 heavy (non-hydrogen) atoms. The van der Waals surface area contributed by atoms with Crippen LogP contribution in [-0.2, 0) is 0 Å². The molecule has 3 rings (SSSR count). The van der Waals surface area contributed by atoms with E-state index in [0.29, 0.717) is 23.7 Å². The summed E-state index contributed by atoms with van der Waals surface area (Å²) in [5, 5.41) is 12.5. The van der Waals surface area contributed by atoms with Crippen LogP contribution in [0.25, 0.3) is 0 Å². The number of carbonyl (C=O) groups is 1. The number of benzene rings is 2. The van der Waals surface area contributed by atoms with Crippen molar-refractivity contribution in [3.8, 4) is 17.2 Å². The number of rotatable bonds is 5. The summed E-state index contributed by atoms with van der Waals surface area (Å²) in [5.41, 5.74) is 0.693. The third-order valence-electron chi connectivity index (χ3n) is 4.73. The van der Waals surface area contributed by atoms with E-state index in [4.69, 9.17) is 9.47 Å². The van der Waals surface area contributed by atoms with Crippen molar-refractivity contribution in [3.63, 3.8) is 0 Å². The molecule has 6 heteroatoms. The second kappa shape index (κ2) is 9.28. The summed E-state index contributed by atoms with van der Waals surface area (Å²) >= 11 is 0. The number of aliphatic hydroxyl groups is 1. The molecule has 0 aromatic heterocycles. The first-order valence-electron chi connectivity index (χ1n) is 9.30. The maximum atomic E-state index is 12.6. The topological polar surface area (TPSA) is 71.0 Å². The minimum Gasteiger partial charge on any atom is -0.497 e. The zero-order valence-electron chi connectivity index (χ0n) is 15.6. The largest absolute Gasteiger partial charge is 0.497 e. The number of nitrogens with one attached hydrogen (secondary N) is 1. The van der Waals surface area contributed by atoms with Gasteiger partial charge in [0.05, 0.1) is 19.8 Å². The monoisotopic (exact) mass is 370 g/mol. The lowest BCUT2D eigenvalue weighted by atomic mass is 10.1. The van der Waals surface area contributed by atoms with Gasteiger partial charge < -0.3 is 24.8 Å². The number of amides is 2. The van der Waals surface area contributed by atoms with Crippen LogP contribution in [0.5, 0.6) is 17.2 Å². The van der Waals surface area contributed by atoms with Crippen molar-refractivity contribution in [1.29, 1.82) is 0 Å². The highest BCUT2D eigenvalue weighted by Gasteiger charge is 2.24. The zero-order chi connectivity index (χ0) is 19.1. The summed E-state index contributed by atoms with van der Waals surface area (Å²) in [6.45, 7) is 0.675. The average molecular weight is 370 g/mol. The van der Waals surface area contributed by atoms with Crippen molar-refractivity contribution in [2.24, 2.45) is 0 Å². The Bertz CT molecular complexity index is 748.